The second kappa shape index (κ2) is 6.29. The van der Waals surface area contributed by atoms with Crippen LogP contribution in [0.3, 0.4) is 0 Å². The summed E-state index contributed by atoms with van der Waals surface area (Å²) in [6, 6.07) is 6.28. The summed E-state index contributed by atoms with van der Waals surface area (Å²) in [5.74, 6) is -0.641. The van der Waals surface area contributed by atoms with E-state index in [1.54, 1.807) is 25.3 Å². The number of nitrogens with one attached hydrogen (secondary N) is 1. The number of carbonyl (C=O) groups is 1. The van der Waals surface area contributed by atoms with Gasteiger partial charge in [-0.1, -0.05) is 23.4 Å². The van der Waals surface area contributed by atoms with Gasteiger partial charge < -0.3 is 14.9 Å². The largest absolute Gasteiger partial charge is 0.383 e. The number of halogens is 1. The third kappa shape index (κ3) is 3.29. The molecule has 0 unspecified atom stereocenters. The van der Waals surface area contributed by atoms with Crippen molar-refractivity contribution in [3.63, 3.8) is 0 Å². The van der Waals surface area contributed by atoms with Gasteiger partial charge >= 0.3 is 0 Å². The molecule has 0 radical (unpaired) electrons. The first-order valence-electron chi connectivity index (χ1n) is 5.96. The number of carbonyl (C=O) groups excluding carboxylic acids is 1. The first-order valence-corrected chi connectivity index (χ1v) is 5.96. The number of hydrogen-bond donors (Lipinski definition) is 1. The Labute approximate surface area is 110 Å². The zero-order chi connectivity index (χ0) is 13.7. The topological polar surface area (TPSA) is 59.9 Å². The van der Waals surface area contributed by atoms with Crippen LogP contribution in [0.25, 0.3) is 0 Å². The fourth-order valence-corrected chi connectivity index (χ4v) is 1.76. The van der Waals surface area contributed by atoms with Crippen LogP contribution >= 0.6 is 0 Å². The van der Waals surface area contributed by atoms with Crippen LogP contribution in [0.2, 0.25) is 0 Å². The highest BCUT2D eigenvalue weighted by Crippen LogP contribution is 2.18. The molecule has 0 bridgehead atoms. The molecule has 0 aromatic heterocycles. The lowest BCUT2D eigenvalue weighted by molar-refractivity contribution is -0.131. The highest BCUT2D eigenvalue weighted by Gasteiger charge is 2.29. The van der Waals surface area contributed by atoms with Crippen molar-refractivity contribution in [3.8, 4) is 0 Å². The molecule has 0 saturated carbocycles. The van der Waals surface area contributed by atoms with E-state index in [4.69, 9.17) is 9.57 Å². The lowest BCUT2D eigenvalue weighted by Crippen LogP contribution is -2.36. The summed E-state index contributed by atoms with van der Waals surface area (Å²) >= 11 is 0. The summed E-state index contributed by atoms with van der Waals surface area (Å²) in [5.41, 5.74) is 0.819. The van der Waals surface area contributed by atoms with E-state index in [2.05, 4.69) is 10.5 Å². The molecule has 6 heteroatoms. The standard InChI is InChI=1S/C13H15FN2O3/c1-18-7-6-15-13(17)12-8-11(16-19-12)9-4-2-3-5-10(9)14/h2-5,12H,6-8H2,1H3,(H,15,17)/t12-/m1/s1. The summed E-state index contributed by atoms with van der Waals surface area (Å²) < 4.78 is 18.4. The molecule has 102 valence electrons. The van der Waals surface area contributed by atoms with E-state index in [-0.39, 0.29) is 18.1 Å². The highest BCUT2D eigenvalue weighted by molar-refractivity contribution is 6.04. The van der Waals surface area contributed by atoms with Gasteiger partial charge in [0.15, 0.2) is 0 Å². The van der Waals surface area contributed by atoms with E-state index < -0.39 is 6.10 Å². The van der Waals surface area contributed by atoms with Crippen LogP contribution in [-0.2, 0) is 14.4 Å². The molecule has 0 fully saturated rings. The molecular formula is C13H15FN2O3. The molecule has 0 aliphatic carbocycles. The second-order valence-electron chi connectivity index (χ2n) is 4.10. The summed E-state index contributed by atoms with van der Waals surface area (Å²) in [6.45, 7) is 0.837. The van der Waals surface area contributed by atoms with Gasteiger partial charge in [0.2, 0.25) is 6.10 Å². The maximum Gasteiger partial charge on any atom is 0.264 e. The predicted molar refractivity (Wildman–Crippen MR) is 67.3 cm³/mol. The van der Waals surface area contributed by atoms with E-state index in [0.29, 0.717) is 24.4 Å². The number of hydrogen-bond acceptors (Lipinski definition) is 4. The Balaban J connectivity index is 1.92. The van der Waals surface area contributed by atoms with Crippen molar-refractivity contribution in [2.24, 2.45) is 5.16 Å². The van der Waals surface area contributed by atoms with E-state index in [1.165, 1.54) is 6.07 Å². The molecule has 1 aromatic carbocycles. The van der Waals surface area contributed by atoms with Crippen LogP contribution in [0.1, 0.15) is 12.0 Å². The van der Waals surface area contributed by atoms with Gasteiger partial charge in [-0.15, -0.1) is 0 Å². The maximum absolute atomic E-state index is 13.6. The van der Waals surface area contributed by atoms with E-state index in [9.17, 15) is 9.18 Å². The van der Waals surface area contributed by atoms with E-state index >= 15 is 0 Å². The third-order valence-corrected chi connectivity index (χ3v) is 2.75. The number of rotatable bonds is 5. The minimum Gasteiger partial charge on any atom is -0.383 e. The molecule has 1 amide bonds. The van der Waals surface area contributed by atoms with Gasteiger partial charge in [-0.25, -0.2) is 4.39 Å². The van der Waals surface area contributed by atoms with Gasteiger partial charge in [0.25, 0.3) is 5.91 Å². The smallest absolute Gasteiger partial charge is 0.264 e. The first-order chi connectivity index (χ1) is 9.22. The quantitative estimate of drug-likeness (QED) is 0.811. The van der Waals surface area contributed by atoms with Crippen LogP contribution in [0.15, 0.2) is 29.4 Å². The predicted octanol–water partition coefficient (Wildman–Crippen LogP) is 1.08. The number of nitrogens with zero attached hydrogens (tertiary/aromatic N) is 1. The van der Waals surface area contributed by atoms with E-state index in [0.717, 1.165) is 0 Å². The number of amides is 1. The maximum atomic E-state index is 13.6. The summed E-state index contributed by atoms with van der Waals surface area (Å²) in [5, 5.41) is 6.44. The molecule has 0 saturated heterocycles. The van der Waals surface area contributed by atoms with Gasteiger partial charge in [-0.05, 0) is 6.07 Å². The van der Waals surface area contributed by atoms with E-state index in [1.807, 2.05) is 0 Å². The van der Waals surface area contributed by atoms with Crippen LogP contribution < -0.4 is 5.32 Å². The van der Waals surface area contributed by atoms with Gasteiger partial charge in [-0.2, -0.15) is 0 Å². The van der Waals surface area contributed by atoms with Gasteiger partial charge in [-0.3, -0.25) is 4.79 Å². The zero-order valence-corrected chi connectivity index (χ0v) is 10.6. The number of methoxy groups -OCH3 is 1. The Morgan fingerprint density at radius 2 is 2.37 bits per heavy atom. The van der Waals surface area contributed by atoms with Crippen molar-refractivity contribution < 1.29 is 18.8 Å². The average molecular weight is 266 g/mol. The molecule has 1 atom stereocenters. The Hall–Kier alpha value is -1.95. The fraction of sp³-hybridized carbons (Fsp3) is 0.385. The molecule has 0 spiro atoms. The molecule has 5 nitrogen and oxygen atoms in total. The van der Waals surface area contributed by atoms with Crippen LogP contribution in [0.5, 0.6) is 0 Å². The number of benzene rings is 1. The average Bonchev–Trinajstić information content (AvgIpc) is 2.89. The summed E-state index contributed by atoms with van der Waals surface area (Å²) in [4.78, 5) is 16.8. The molecule has 1 aromatic rings. The molecule has 2 rings (SSSR count). The number of ether oxygens (including phenoxy) is 1. The fourth-order valence-electron chi connectivity index (χ4n) is 1.76. The molecule has 19 heavy (non-hydrogen) atoms. The van der Waals surface area contributed by atoms with Gasteiger partial charge in [0.1, 0.15) is 5.82 Å². The lowest BCUT2D eigenvalue weighted by atomic mass is 10.0. The molecule has 1 N–H and O–H groups in total. The molecule has 1 heterocycles. The Bertz CT molecular complexity index is 491. The Kier molecular flexibility index (Phi) is 4.46. The Morgan fingerprint density at radius 1 is 1.58 bits per heavy atom. The summed E-state index contributed by atoms with van der Waals surface area (Å²) in [6.07, 6.45) is -0.439. The minimum absolute atomic E-state index is 0.264. The van der Waals surface area contributed by atoms with Crippen LogP contribution in [-0.4, -0.2) is 38.0 Å². The van der Waals surface area contributed by atoms with Crippen molar-refractivity contribution in [2.75, 3.05) is 20.3 Å². The van der Waals surface area contributed by atoms with Crippen LogP contribution in [0, 0.1) is 5.82 Å². The third-order valence-electron chi connectivity index (χ3n) is 2.75. The van der Waals surface area contributed by atoms with Crippen molar-refractivity contribution in [1.82, 2.24) is 5.32 Å². The van der Waals surface area contributed by atoms with Crippen molar-refractivity contribution in [3.05, 3.63) is 35.6 Å². The SMILES string of the molecule is COCCNC(=O)[C@H]1CC(c2ccccc2F)=NO1. The van der Waals surface area contributed by atoms with Crippen molar-refractivity contribution in [2.45, 2.75) is 12.5 Å². The highest BCUT2D eigenvalue weighted by atomic mass is 19.1. The van der Waals surface area contributed by atoms with Gasteiger partial charge in [0.05, 0.1) is 12.3 Å². The van der Waals surface area contributed by atoms with Crippen molar-refractivity contribution in [1.29, 1.82) is 0 Å². The molecule has 1 aliphatic heterocycles. The zero-order valence-electron chi connectivity index (χ0n) is 10.6. The monoisotopic (exact) mass is 266 g/mol. The molecule has 1 aliphatic rings. The molecular weight excluding hydrogens is 251 g/mol. The minimum atomic E-state index is -0.702. The van der Waals surface area contributed by atoms with Gasteiger partial charge in [0, 0.05) is 25.6 Å². The van der Waals surface area contributed by atoms with Crippen molar-refractivity contribution >= 4 is 11.6 Å². The summed E-state index contributed by atoms with van der Waals surface area (Å²) in [7, 11) is 1.55. The normalized spacial score (nSPS) is 17.8. The number of oxime groups is 1. The Morgan fingerprint density at radius 3 is 3.11 bits per heavy atom. The first kappa shape index (κ1) is 13.5. The second-order valence-corrected chi connectivity index (χ2v) is 4.10. The lowest BCUT2D eigenvalue weighted by Gasteiger charge is -2.08. The van der Waals surface area contributed by atoms with Crippen LogP contribution in [0.4, 0.5) is 4.39 Å².